The minimum atomic E-state index is -0.179. The Morgan fingerprint density at radius 2 is 1.56 bits per heavy atom. The third-order valence-corrected chi connectivity index (χ3v) is 6.73. The maximum Gasteiger partial charge on any atom is 0.275 e. The van der Waals surface area contributed by atoms with Crippen LogP contribution in [0.25, 0.3) is 10.8 Å². The van der Waals surface area contributed by atoms with E-state index in [1.807, 2.05) is 53.4 Å². The number of carbonyl (C=O) groups is 1. The molecule has 1 aliphatic rings. The summed E-state index contributed by atoms with van der Waals surface area (Å²) in [5.41, 5.74) is 1.14. The summed E-state index contributed by atoms with van der Waals surface area (Å²) in [5.74, 6) is -0.112. The van der Waals surface area contributed by atoms with E-state index in [4.69, 9.17) is 0 Å². The Kier molecular flexibility index (Phi) is 5.83. The third kappa shape index (κ3) is 4.22. The van der Waals surface area contributed by atoms with E-state index in [-0.39, 0.29) is 11.5 Å². The van der Waals surface area contributed by atoms with Crippen molar-refractivity contribution in [3.63, 3.8) is 0 Å². The lowest BCUT2D eigenvalue weighted by molar-refractivity contribution is 0.0623. The number of amides is 1. The Bertz CT molecular complexity index is 1280. The maximum atomic E-state index is 13.5. The van der Waals surface area contributed by atoms with E-state index >= 15 is 0 Å². The molecular weight excluding hydrogens is 420 g/mol. The van der Waals surface area contributed by atoms with Gasteiger partial charge in [-0.15, -0.1) is 11.3 Å². The van der Waals surface area contributed by atoms with Crippen molar-refractivity contribution in [1.29, 1.82) is 0 Å². The molecule has 1 saturated heterocycles. The van der Waals surface area contributed by atoms with Gasteiger partial charge in [-0.2, -0.15) is 5.10 Å². The summed E-state index contributed by atoms with van der Waals surface area (Å²) in [6, 6.07) is 21.2. The molecule has 2 aromatic heterocycles. The lowest BCUT2D eigenvalue weighted by Gasteiger charge is -2.34. The van der Waals surface area contributed by atoms with Gasteiger partial charge in [0.05, 0.1) is 11.9 Å². The first-order chi connectivity index (χ1) is 15.7. The summed E-state index contributed by atoms with van der Waals surface area (Å²) in [6.07, 6.45) is 0. The van der Waals surface area contributed by atoms with Gasteiger partial charge in [-0.3, -0.25) is 14.5 Å². The molecule has 3 heterocycles. The Balaban J connectivity index is 1.41. The molecule has 0 saturated carbocycles. The average Bonchev–Trinajstić information content (AvgIpc) is 3.35. The van der Waals surface area contributed by atoms with Crippen molar-refractivity contribution in [1.82, 2.24) is 19.6 Å². The average molecular weight is 445 g/mol. The largest absolute Gasteiger partial charge is 0.335 e. The monoisotopic (exact) mass is 444 g/mol. The Labute approximate surface area is 190 Å². The van der Waals surface area contributed by atoms with Gasteiger partial charge in [0.2, 0.25) is 0 Å². The number of hydrogen-bond acceptors (Lipinski definition) is 5. The second-order valence-corrected chi connectivity index (χ2v) is 9.02. The first-order valence-electron chi connectivity index (χ1n) is 10.8. The summed E-state index contributed by atoms with van der Waals surface area (Å²) >= 11 is 1.76. The van der Waals surface area contributed by atoms with Crippen molar-refractivity contribution in [2.45, 2.75) is 13.1 Å². The van der Waals surface area contributed by atoms with Crippen molar-refractivity contribution >= 4 is 28.0 Å². The summed E-state index contributed by atoms with van der Waals surface area (Å²) < 4.78 is 1.41. The van der Waals surface area contributed by atoms with E-state index in [0.29, 0.717) is 36.1 Å². The number of benzene rings is 2. The van der Waals surface area contributed by atoms with Crippen LogP contribution in [0.5, 0.6) is 0 Å². The zero-order valence-electron chi connectivity index (χ0n) is 17.7. The number of piperazine rings is 1. The van der Waals surface area contributed by atoms with E-state index in [0.717, 1.165) is 25.2 Å². The molecule has 0 aliphatic carbocycles. The van der Waals surface area contributed by atoms with Crippen LogP contribution in [0.4, 0.5) is 0 Å². The van der Waals surface area contributed by atoms with Gasteiger partial charge in [-0.25, -0.2) is 4.68 Å². The van der Waals surface area contributed by atoms with Gasteiger partial charge in [0.25, 0.3) is 11.5 Å². The number of nitrogens with zero attached hydrogens (tertiary/aromatic N) is 4. The van der Waals surface area contributed by atoms with Crippen LogP contribution in [0.3, 0.4) is 0 Å². The Morgan fingerprint density at radius 3 is 2.28 bits per heavy atom. The topological polar surface area (TPSA) is 58.4 Å². The summed E-state index contributed by atoms with van der Waals surface area (Å²) in [6.45, 7) is 4.20. The minimum absolute atomic E-state index is 0.112. The summed E-state index contributed by atoms with van der Waals surface area (Å²) in [5, 5.41) is 7.79. The Morgan fingerprint density at radius 1 is 0.844 bits per heavy atom. The van der Waals surface area contributed by atoms with Gasteiger partial charge in [0.15, 0.2) is 5.69 Å². The van der Waals surface area contributed by atoms with Crippen LogP contribution in [-0.2, 0) is 13.1 Å². The number of fused-ring (bicyclic) bond motifs is 1. The van der Waals surface area contributed by atoms with E-state index in [2.05, 4.69) is 27.5 Å². The minimum Gasteiger partial charge on any atom is -0.335 e. The molecule has 1 fully saturated rings. The van der Waals surface area contributed by atoms with Crippen molar-refractivity contribution < 1.29 is 4.79 Å². The van der Waals surface area contributed by atoms with Crippen molar-refractivity contribution in [3.8, 4) is 0 Å². The van der Waals surface area contributed by atoms with E-state index in [1.54, 1.807) is 17.4 Å². The lowest BCUT2D eigenvalue weighted by Crippen LogP contribution is -2.48. The highest BCUT2D eigenvalue weighted by atomic mass is 32.1. The number of aromatic nitrogens is 2. The van der Waals surface area contributed by atoms with Crippen LogP contribution in [0, 0.1) is 0 Å². The molecule has 0 N–H and O–H groups in total. The molecule has 4 aromatic rings. The lowest BCUT2D eigenvalue weighted by atomic mass is 10.1. The molecule has 0 bridgehead atoms. The molecule has 0 spiro atoms. The van der Waals surface area contributed by atoms with Crippen LogP contribution < -0.4 is 5.56 Å². The molecule has 2 aromatic carbocycles. The second kappa shape index (κ2) is 9.06. The maximum absolute atomic E-state index is 13.5. The van der Waals surface area contributed by atoms with Crippen molar-refractivity contribution in [2.24, 2.45) is 0 Å². The molecular formula is C25H24N4O2S. The first-order valence-corrected chi connectivity index (χ1v) is 11.6. The number of carbonyl (C=O) groups excluding carboxylic acids is 1. The fourth-order valence-corrected chi connectivity index (χ4v) is 4.88. The van der Waals surface area contributed by atoms with E-state index in [9.17, 15) is 9.59 Å². The fraction of sp³-hybridized carbons (Fsp3) is 0.240. The normalized spacial score (nSPS) is 14.7. The highest BCUT2D eigenvalue weighted by Crippen LogP contribution is 2.18. The van der Waals surface area contributed by atoms with Crippen LogP contribution in [0.1, 0.15) is 20.9 Å². The van der Waals surface area contributed by atoms with Gasteiger partial charge in [-0.05, 0) is 23.1 Å². The SMILES string of the molecule is O=C(c1nn(Cc2ccccc2)c(=O)c2ccccc12)N1CCN(Cc2cccs2)CC1. The fourth-order valence-electron chi connectivity index (χ4n) is 4.14. The second-order valence-electron chi connectivity index (χ2n) is 7.99. The third-order valence-electron chi connectivity index (χ3n) is 5.86. The standard InChI is InChI=1S/C25H24N4O2S/c30-24-22-11-5-4-10-21(22)23(26-29(24)17-19-7-2-1-3-8-19)25(31)28-14-12-27(13-15-28)18-20-9-6-16-32-20/h1-11,16H,12-15,17-18H2. The molecule has 5 rings (SSSR count). The number of hydrogen-bond donors (Lipinski definition) is 0. The van der Waals surface area contributed by atoms with Gasteiger partial charge in [0, 0.05) is 43.0 Å². The zero-order valence-corrected chi connectivity index (χ0v) is 18.5. The van der Waals surface area contributed by atoms with Gasteiger partial charge >= 0.3 is 0 Å². The molecule has 6 nitrogen and oxygen atoms in total. The smallest absolute Gasteiger partial charge is 0.275 e. The van der Waals surface area contributed by atoms with Gasteiger partial charge < -0.3 is 4.90 Å². The van der Waals surface area contributed by atoms with Gasteiger partial charge in [0.1, 0.15) is 0 Å². The molecule has 0 radical (unpaired) electrons. The number of thiophene rings is 1. The molecule has 0 atom stereocenters. The Hall–Kier alpha value is -3.29. The van der Waals surface area contributed by atoms with Crippen molar-refractivity contribution in [2.75, 3.05) is 26.2 Å². The molecule has 0 unspecified atom stereocenters. The van der Waals surface area contributed by atoms with Crippen LogP contribution in [0.15, 0.2) is 76.9 Å². The number of rotatable bonds is 5. The van der Waals surface area contributed by atoms with Gasteiger partial charge in [-0.1, -0.05) is 54.6 Å². The predicted octanol–water partition coefficient (Wildman–Crippen LogP) is 3.46. The highest BCUT2D eigenvalue weighted by Gasteiger charge is 2.26. The quantitative estimate of drug-likeness (QED) is 0.473. The molecule has 162 valence electrons. The first kappa shape index (κ1) is 20.6. The molecule has 7 heteroatoms. The zero-order chi connectivity index (χ0) is 21.9. The molecule has 1 aliphatic heterocycles. The molecule has 32 heavy (non-hydrogen) atoms. The van der Waals surface area contributed by atoms with Crippen molar-refractivity contribution in [3.05, 3.63) is 98.6 Å². The van der Waals surface area contributed by atoms with Crippen LogP contribution >= 0.6 is 11.3 Å². The van der Waals surface area contributed by atoms with E-state index in [1.165, 1.54) is 9.56 Å². The summed E-state index contributed by atoms with van der Waals surface area (Å²) in [4.78, 5) is 32.1. The predicted molar refractivity (Wildman–Crippen MR) is 127 cm³/mol. The van der Waals surface area contributed by atoms with Crippen LogP contribution in [0.2, 0.25) is 0 Å². The van der Waals surface area contributed by atoms with E-state index < -0.39 is 0 Å². The van der Waals surface area contributed by atoms with Crippen LogP contribution in [-0.4, -0.2) is 51.7 Å². The molecule has 1 amide bonds. The highest BCUT2D eigenvalue weighted by molar-refractivity contribution is 7.09. The summed E-state index contributed by atoms with van der Waals surface area (Å²) in [7, 11) is 0.